The van der Waals surface area contributed by atoms with Gasteiger partial charge in [-0.05, 0) is 30.7 Å². The minimum atomic E-state index is -3.74. The van der Waals surface area contributed by atoms with Crippen LogP contribution in [0.3, 0.4) is 0 Å². The molecule has 0 unspecified atom stereocenters. The molecule has 0 heterocycles. The van der Waals surface area contributed by atoms with Crippen molar-refractivity contribution < 1.29 is 13.3 Å². The highest BCUT2D eigenvalue weighted by atomic mass is 32.2. The van der Waals surface area contributed by atoms with Gasteiger partial charge in [0.1, 0.15) is 4.90 Å². The first-order valence-corrected chi connectivity index (χ1v) is 8.32. The van der Waals surface area contributed by atoms with Gasteiger partial charge in [0.05, 0.1) is 10.6 Å². The Labute approximate surface area is 123 Å². The van der Waals surface area contributed by atoms with E-state index < -0.39 is 14.9 Å². The van der Waals surface area contributed by atoms with Crippen LogP contribution in [0.5, 0.6) is 0 Å². The van der Waals surface area contributed by atoms with E-state index in [1.54, 1.807) is 0 Å². The third-order valence-corrected chi connectivity index (χ3v) is 5.34. The van der Waals surface area contributed by atoms with E-state index >= 15 is 0 Å². The number of anilines is 1. The van der Waals surface area contributed by atoms with Gasteiger partial charge in [0.15, 0.2) is 0 Å². The number of rotatable bonds is 7. The van der Waals surface area contributed by atoms with Gasteiger partial charge >= 0.3 is 0 Å². The number of sulfonamides is 1. The summed E-state index contributed by atoms with van der Waals surface area (Å²) in [5.74, 6) is 0. The second kappa shape index (κ2) is 5.61. The van der Waals surface area contributed by atoms with Crippen LogP contribution in [0.25, 0.3) is 0 Å². The molecule has 1 fully saturated rings. The van der Waals surface area contributed by atoms with Crippen LogP contribution in [0.4, 0.5) is 11.4 Å². The Morgan fingerprint density at radius 1 is 1.43 bits per heavy atom. The number of hydrogen-bond donors (Lipinski definition) is 2. The van der Waals surface area contributed by atoms with E-state index in [2.05, 4.69) is 11.6 Å². The molecule has 1 aliphatic rings. The van der Waals surface area contributed by atoms with Crippen molar-refractivity contribution >= 4 is 21.4 Å². The smallest absolute Gasteiger partial charge is 0.271 e. The normalized spacial score (nSPS) is 16.6. The fourth-order valence-corrected chi connectivity index (χ4v) is 3.71. The molecule has 0 bridgehead atoms. The lowest BCUT2D eigenvalue weighted by molar-refractivity contribution is -0.384. The molecular formula is C13H19N3O4S. The summed E-state index contributed by atoms with van der Waals surface area (Å²) in [6.07, 6.45) is 4.06. The van der Waals surface area contributed by atoms with Crippen LogP contribution in [0.1, 0.15) is 32.6 Å². The molecule has 0 aromatic heterocycles. The van der Waals surface area contributed by atoms with Gasteiger partial charge in [0.25, 0.3) is 5.69 Å². The number of hydrogen-bond acceptors (Lipinski definition) is 5. The van der Waals surface area contributed by atoms with Gasteiger partial charge in [0, 0.05) is 18.7 Å². The highest BCUT2D eigenvalue weighted by Crippen LogP contribution is 2.49. The topological polar surface area (TPSA) is 115 Å². The van der Waals surface area contributed by atoms with Crippen molar-refractivity contribution in [3.8, 4) is 0 Å². The van der Waals surface area contributed by atoms with Crippen LogP contribution in [-0.4, -0.2) is 19.9 Å². The van der Waals surface area contributed by atoms with Crippen molar-refractivity contribution in [1.82, 2.24) is 4.72 Å². The molecule has 21 heavy (non-hydrogen) atoms. The predicted molar refractivity (Wildman–Crippen MR) is 79.3 cm³/mol. The van der Waals surface area contributed by atoms with E-state index in [1.165, 1.54) is 6.07 Å². The summed E-state index contributed by atoms with van der Waals surface area (Å²) in [5, 5.41) is 10.6. The first-order valence-electron chi connectivity index (χ1n) is 6.83. The van der Waals surface area contributed by atoms with Gasteiger partial charge < -0.3 is 5.73 Å². The molecule has 3 N–H and O–H groups in total. The third-order valence-electron chi connectivity index (χ3n) is 3.87. The Bertz CT molecular complexity index is 653. The van der Waals surface area contributed by atoms with Crippen LogP contribution in [-0.2, 0) is 10.0 Å². The second-order valence-electron chi connectivity index (χ2n) is 5.55. The maximum Gasteiger partial charge on any atom is 0.271 e. The van der Waals surface area contributed by atoms with Crippen LogP contribution >= 0.6 is 0 Å². The summed E-state index contributed by atoms with van der Waals surface area (Å²) in [6.45, 7) is 2.46. The predicted octanol–water partition coefficient (Wildman–Crippen LogP) is 2.04. The monoisotopic (exact) mass is 313 g/mol. The Morgan fingerprint density at radius 2 is 2.10 bits per heavy atom. The van der Waals surface area contributed by atoms with E-state index in [1.807, 2.05) is 0 Å². The number of nitrogen functional groups attached to an aromatic ring is 1. The minimum Gasteiger partial charge on any atom is -0.397 e. The zero-order valence-corrected chi connectivity index (χ0v) is 12.6. The van der Waals surface area contributed by atoms with E-state index in [4.69, 9.17) is 5.73 Å². The maximum atomic E-state index is 12.3. The number of nitrogens with two attached hydrogens (primary N) is 1. The number of nitrogens with one attached hydrogen (secondary N) is 1. The minimum absolute atomic E-state index is 0.0807. The molecule has 0 spiro atoms. The summed E-state index contributed by atoms with van der Waals surface area (Å²) >= 11 is 0. The lowest BCUT2D eigenvalue weighted by Crippen LogP contribution is -2.30. The molecule has 1 saturated carbocycles. The molecule has 116 valence electrons. The Hall–Kier alpha value is -1.67. The molecule has 7 nitrogen and oxygen atoms in total. The molecule has 0 aliphatic heterocycles. The Kier molecular flexibility index (Phi) is 4.20. The van der Waals surface area contributed by atoms with Crippen molar-refractivity contribution in [2.75, 3.05) is 12.3 Å². The van der Waals surface area contributed by atoms with Crippen LogP contribution in [0, 0.1) is 15.5 Å². The largest absolute Gasteiger partial charge is 0.397 e. The van der Waals surface area contributed by atoms with Crippen molar-refractivity contribution in [2.24, 2.45) is 5.41 Å². The zero-order chi connectivity index (χ0) is 15.7. The van der Waals surface area contributed by atoms with Gasteiger partial charge in [-0.15, -0.1) is 0 Å². The standard InChI is InChI=1S/C13H19N3O4S/c1-2-5-13(6-7-13)9-15-21(19,20)12-4-3-10(16(17)18)8-11(12)14/h3-4,8,15H,2,5-7,9,14H2,1H3. The second-order valence-corrected chi connectivity index (χ2v) is 7.29. The van der Waals surface area contributed by atoms with Crippen LogP contribution in [0.15, 0.2) is 23.1 Å². The number of benzene rings is 1. The molecule has 2 rings (SSSR count). The summed E-state index contributed by atoms with van der Waals surface area (Å²) in [5.41, 5.74) is 5.38. The average molecular weight is 313 g/mol. The highest BCUT2D eigenvalue weighted by molar-refractivity contribution is 7.89. The molecule has 0 saturated heterocycles. The van der Waals surface area contributed by atoms with Crippen molar-refractivity contribution in [2.45, 2.75) is 37.5 Å². The summed E-state index contributed by atoms with van der Waals surface area (Å²) in [4.78, 5) is 9.92. The Balaban J connectivity index is 2.14. The zero-order valence-electron chi connectivity index (χ0n) is 11.8. The SMILES string of the molecule is CCCC1(CNS(=O)(=O)c2ccc([N+](=O)[O-])cc2N)CC1. The van der Waals surface area contributed by atoms with Crippen LogP contribution < -0.4 is 10.5 Å². The lowest BCUT2D eigenvalue weighted by Gasteiger charge is -2.15. The fourth-order valence-electron chi connectivity index (χ4n) is 2.44. The van der Waals surface area contributed by atoms with E-state index in [-0.39, 0.29) is 21.7 Å². The van der Waals surface area contributed by atoms with E-state index in [9.17, 15) is 18.5 Å². The van der Waals surface area contributed by atoms with Gasteiger partial charge in [0.2, 0.25) is 10.0 Å². The first kappa shape index (κ1) is 15.7. The first-order chi connectivity index (χ1) is 9.80. The van der Waals surface area contributed by atoms with Crippen molar-refractivity contribution in [1.29, 1.82) is 0 Å². The fraction of sp³-hybridized carbons (Fsp3) is 0.538. The summed E-state index contributed by atoms with van der Waals surface area (Å²) < 4.78 is 27.1. The number of nitrogens with zero attached hydrogens (tertiary/aromatic N) is 1. The van der Waals surface area contributed by atoms with E-state index in [0.717, 1.165) is 37.8 Å². The summed E-state index contributed by atoms with van der Waals surface area (Å²) in [6, 6.07) is 3.38. The maximum absolute atomic E-state index is 12.3. The Morgan fingerprint density at radius 3 is 2.57 bits per heavy atom. The van der Waals surface area contributed by atoms with Crippen molar-refractivity contribution in [3.05, 3.63) is 28.3 Å². The number of nitro groups is 1. The van der Waals surface area contributed by atoms with Crippen LogP contribution in [0.2, 0.25) is 0 Å². The molecule has 1 aromatic carbocycles. The van der Waals surface area contributed by atoms with E-state index in [0.29, 0.717) is 6.54 Å². The lowest BCUT2D eigenvalue weighted by atomic mass is 10.0. The molecule has 8 heteroatoms. The molecule has 1 aliphatic carbocycles. The van der Waals surface area contributed by atoms with Crippen molar-refractivity contribution in [3.63, 3.8) is 0 Å². The molecular weight excluding hydrogens is 294 g/mol. The van der Waals surface area contributed by atoms with Gasteiger partial charge in [-0.3, -0.25) is 10.1 Å². The molecule has 1 aromatic rings. The van der Waals surface area contributed by atoms with Gasteiger partial charge in [-0.25, -0.2) is 13.1 Å². The van der Waals surface area contributed by atoms with Gasteiger partial charge in [-0.1, -0.05) is 13.3 Å². The molecule has 0 radical (unpaired) electrons. The average Bonchev–Trinajstić information content (AvgIpc) is 3.17. The molecule has 0 atom stereocenters. The number of non-ortho nitro benzene ring substituents is 1. The van der Waals surface area contributed by atoms with Gasteiger partial charge in [-0.2, -0.15) is 0 Å². The molecule has 0 amide bonds. The highest BCUT2D eigenvalue weighted by Gasteiger charge is 2.42. The quantitative estimate of drug-likeness (QED) is 0.454. The third kappa shape index (κ3) is 3.51. The number of nitro benzene ring substituents is 1. The summed E-state index contributed by atoms with van der Waals surface area (Å²) in [7, 11) is -3.74.